The van der Waals surface area contributed by atoms with E-state index in [-0.39, 0.29) is 24.2 Å². The van der Waals surface area contributed by atoms with Crippen molar-refractivity contribution in [2.24, 2.45) is 0 Å². The van der Waals surface area contributed by atoms with E-state index in [0.717, 1.165) is 19.8 Å². The lowest BCUT2D eigenvalue weighted by molar-refractivity contribution is -0.133. The Morgan fingerprint density at radius 3 is 2.44 bits per heavy atom. The Labute approximate surface area is 212 Å². The van der Waals surface area contributed by atoms with Crippen molar-refractivity contribution in [3.63, 3.8) is 0 Å². The van der Waals surface area contributed by atoms with Crippen molar-refractivity contribution >= 4 is 39.1 Å². The van der Waals surface area contributed by atoms with E-state index in [0.29, 0.717) is 38.2 Å². The molecule has 3 aromatic rings. The van der Waals surface area contributed by atoms with Gasteiger partial charge in [-0.3, -0.25) is 9.59 Å². The number of ether oxygens (including phenoxy) is 1. The Morgan fingerprint density at radius 2 is 1.79 bits per heavy atom. The monoisotopic (exact) mass is 546 g/mol. The van der Waals surface area contributed by atoms with Gasteiger partial charge in [0, 0.05) is 46.6 Å². The number of amides is 2. The second kappa shape index (κ2) is 12.8. The smallest absolute Gasteiger partial charge is 0.254 e. The van der Waals surface area contributed by atoms with E-state index in [1.165, 1.54) is 12.1 Å². The molecule has 0 fully saturated rings. The maximum atomic E-state index is 13.5. The highest BCUT2D eigenvalue weighted by Crippen LogP contribution is 2.20. The van der Waals surface area contributed by atoms with Gasteiger partial charge in [0.25, 0.3) is 5.91 Å². The maximum absolute atomic E-state index is 13.5. The molecule has 0 aliphatic rings. The van der Waals surface area contributed by atoms with Crippen molar-refractivity contribution in [2.75, 3.05) is 26.8 Å². The van der Waals surface area contributed by atoms with Gasteiger partial charge >= 0.3 is 0 Å². The summed E-state index contributed by atoms with van der Waals surface area (Å²) in [4.78, 5) is 32.3. The topological polar surface area (TPSA) is 49.9 Å². The van der Waals surface area contributed by atoms with Crippen molar-refractivity contribution in [3.8, 4) is 0 Å². The second-order valence-corrected chi connectivity index (χ2v) is 10.3. The molecule has 0 atom stereocenters. The minimum Gasteiger partial charge on any atom is -0.385 e. The summed E-state index contributed by atoms with van der Waals surface area (Å²) >= 11 is 5.04. The summed E-state index contributed by atoms with van der Waals surface area (Å²) in [6.45, 7) is 3.60. The summed E-state index contributed by atoms with van der Waals surface area (Å²) in [5, 5.41) is 0. The van der Waals surface area contributed by atoms with Gasteiger partial charge in [-0.25, -0.2) is 4.39 Å². The summed E-state index contributed by atoms with van der Waals surface area (Å²) in [7, 11) is 1.61. The van der Waals surface area contributed by atoms with E-state index < -0.39 is 0 Å². The van der Waals surface area contributed by atoms with Crippen LogP contribution in [-0.2, 0) is 22.6 Å². The quantitative estimate of drug-likeness (QED) is 0.291. The minimum absolute atomic E-state index is 0.0549. The third-order valence-corrected chi connectivity index (χ3v) is 6.72. The molecule has 0 aliphatic carbocycles. The molecule has 2 amide bonds. The Bertz CT molecular complexity index is 1100. The molecule has 2 aromatic carbocycles. The molecule has 5 nitrogen and oxygen atoms in total. The van der Waals surface area contributed by atoms with Crippen molar-refractivity contribution in [1.29, 1.82) is 0 Å². The van der Waals surface area contributed by atoms with Crippen LogP contribution >= 0.6 is 27.3 Å². The lowest BCUT2D eigenvalue weighted by Gasteiger charge is -2.28. The molecule has 0 saturated carbocycles. The predicted molar refractivity (Wildman–Crippen MR) is 136 cm³/mol. The largest absolute Gasteiger partial charge is 0.385 e. The van der Waals surface area contributed by atoms with E-state index in [4.69, 9.17) is 4.74 Å². The summed E-state index contributed by atoms with van der Waals surface area (Å²) in [5.41, 5.74) is 1.34. The van der Waals surface area contributed by atoms with Gasteiger partial charge in [-0.2, -0.15) is 0 Å². The highest BCUT2D eigenvalue weighted by atomic mass is 79.9. The van der Waals surface area contributed by atoms with E-state index >= 15 is 0 Å². The Kier molecular flexibility index (Phi) is 9.80. The molecule has 34 heavy (non-hydrogen) atoms. The van der Waals surface area contributed by atoms with Gasteiger partial charge in [-0.1, -0.05) is 34.1 Å². The summed E-state index contributed by atoms with van der Waals surface area (Å²) < 4.78 is 19.3. The van der Waals surface area contributed by atoms with Crippen LogP contribution in [0.15, 0.2) is 65.1 Å². The number of benzene rings is 2. The number of thiophene rings is 1. The highest BCUT2D eigenvalue weighted by Gasteiger charge is 2.23. The molecule has 0 N–H and O–H groups in total. The van der Waals surface area contributed by atoms with Crippen LogP contribution in [0.1, 0.15) is 32.1 Å². The molecule has 0 bridgehead atoms. The molecule has 1 aromatic heterocycles. The van der Waals surface area contributed by atoms with Crippen LogP contribution in [0, 0.1) is 12.7 Å². The Hall–Kier alpha value is -2.55. The molecule has 3 rings (SSSR count). The molecule has 180 valence electrons. The Morgan fingerprint density at radius 1 is 1.03 bits per heavy atom. The zero-order valence-electron chi connectivity index (χ0n) is 19.3. The number of carbonyl (C=O) groups is 2. The van der Waals surface area contributed by atoms with Crippen LogP contribution in [-0.4, -0.2) is 48.4 Å². The zero-order chi connectivity index (χ0) is 24.5. The number of hydrogen-bond donors (Lipinski definition) is 0. The van der Waals surface area contributed by atoms with Crippen LogP contribution < -0.4 is 0 Å². The van der Waals surface area contributed by atoms with Gasteiger partial charge in [0.1, 0.15) is 12.4 Å². The number of nitrogens with zero attached hydrogens (tertiary/aromatic N) is 2. The van der Waals surface area contributed by atoms with Gasteiger partial charge in [0.05, 0.1) is 6.54 Å². The number of aryl methyl sites for hydroxylation is 1. The summed E-state index contributed by atoms with van der Waals surface area (Å²) in [6.07, 6.45) is 0.617. The fourth-order valence-electron chi connectivity index (χ4n) is 3.52. The van der Waals surface area contributed by atoms with Crippen LogP contribution in [0.25, 0.3) is 0 Å². The van der Waals surface area contributed by atoms with Crippen molar-refractivity contribution < 1.29 is 18.7 Å². The van der Waals surface area contributed by atoms with E-state index in [9.17, 15) is 14.0 Å². The lowest BCUT2D eigenvalue weighted by atomic mass is 10.1. The first-order chi connectivity index (χ1) is 16.4. The van der Waals surface area contributed by atoms with Gasteiger partial charge in [0.2, 0.25) is 5.91 Å². The number of halogens is 2. The van der Waals surface area contributed by atoms with Gasteiger partial charge < -0.3 is 14.5 Å². The molecule has 0 spiro atoms. The number of rotatable bonds is 11. The molecule has 8 heteroatoms. The molecular formula is C26H28BrFN2O3S. The molecular weight excluding hydrogens is 519 g/mol. The summed E-state index contributed by atoms with van der Waals surface area (Å²) in [6, 6.07) is 17.3. The minimum atomic E-state index is -0.320. The molecule has 0 saturated heterocycles. The maximum Gasteiger partial charge on any atom is 0.254 e. The Balaban J connectivity index is 1.81. The first kappa shape index (κ1) is 26.1. The average Bonchev–Trinajstić information content (AvgIpc) is 3.23. The van der Waals surface area contributed by atoms with Crippen molar-refractivity contribution in [3.05, 3.63) is 91.8 Å². The SMILES string of the molecule is COCCCN(CC(=O)N(Cc1ccc(F)cc1)Cc1ccc(C)s1)C(=O)c1cccc(Br)c1. The van der Waals surface area contributed by atoms with Crippen LogP contribution in [0.5, 0.6) is 0 Å². The standard InChI is InChI=1S/C26H28BrFN2O3S/c1-19-7-12-24(34-19)17-30(16-20-8-10-23(28)11-9-20)25(31)18-29(13-4-14-33-2)26(32)21-5-3-6-22(27)15-21/h3,5-12,15H,4,13-14,16-18H2,1-2H3. The predicted octanol–water partition coefficient (Wildman–Crippen LogP) is 5.67. The molecule has 0 radical (unpaired) electrons. The van der Waals surface area contributed by atoms with Gasteiger partial charge in [-0.15, -0.1) is 11.3 Å². The summed E-state index contributed by atoms with van der Waals surface area (Å²) in [5.74, 6) is -0.699. The fourth-order valence-corrected chi connectivity index (χ4v) is 4.83. The molecule has 1 heterocycles. The lowest BCUT2D eigenvalue weighted by Crippen LogP contribution is -2.43. The van der Waals surface area contributed by atoms with Crippen molar-refractivity contribution in [2.45, 2.75) is 26.4 Å². The third kappa shape index (κ3) is 7.75. The molecule has 0 aliphatic heterocycles. The van der Waals surface area contributed by atoms with Crippen LogP contribution in [0.3, 0.4) is 0 Å². The zero-order valence-corrected chi connectivity index (χ0v) is 21.7. The van der Waals surface area contributed by atoms with Gasteiger partial charge in [-0.05, 0) is 61.4 Å². The number of carbonyl (C=O) groups excluding carboxylic acids is 2. The average molecular weight is 547 g/mol. The number of methoxy groups -OCH3 is 1. The number of hydrogen-bond acceptors (Lipinski definition) is 4. The van der Waals surface area contributed by atoms with Gasteiger partial charge in [0.15, 0.2) is 0 Å². The van der Waals surface area contributed by atoms with E-state index in [2.05, 4.69) is 15.9 Å². The first-order valence-corrected chi connectivity index (χ1v) is 12.6. The van der Waals surface area contributed by atoms with Crippen LogP contribution in [0.4, 0.5) is 4.39 Å². The van der Waals surface area contributed by atoms with E-state index in [1.54, 1.807) is 58.6 Å². The second-order valence-electron chi connectivity index (χ2n) is 7.97. The van der Waals surface area contributed by atoms with Crippen molar-refractivity contribution in [1.82, 2.24) is 9.80 Å². The van der Waals surface area contributed by atoms with E-state index in [1.807, 2.05) is 25.1 Å². The normalized spacial score (nSPS) is 10.8. The van der Waals surface area contributed by atoms with Crippen LogP contribution in [0.2, 0.25) is 0 Å². The first-order valence-electron chi connectivity index (χ1n) is 11.0. The fraction of sp³-hybridized carbons (Fsp3) is 0.308. The third-order valence-electron chi connectivity index (χ3n) is 5.24. The molecule has 0 unspecified atom stereocenters. The highest BCUT2D eigenvalue weighted by molar-refractivity contribution is 9.10.